The normalized spacial score (nSPS) is 20.4. The zero-order chi connectivity index (χ0) is 16.7. The Morgan fingerprint density at radius 1 is 1.13 bits per heavy atom. The molecule has 0 unspecified atom stereocenters. The van der Waals surface area contributed by atoms with Crippen LogP contribution in [0.4, 0.5) is 13.2 Å². The van der Waals surface area contributed by atoms with Crippen molar-refractivity contribution in [1.29, 1.82) is 0 Å². The minimum Gasteiger partial charge on any atom is -0.482 e. The van der Waals surface area contributed by atoms with E-state index in [2.05, 4.69) is 4.18 Å². The lowest BCUT2D eigenvalue weighted by Gasteiger charge is -2.38. The van der Waals surface area contributed by atoms with Gasteiger partial charge in [-0.05, 0) is 12.1 Å². The molecular formula is C14H13F3O5S. The molecule has 2 heterocycles. The monoisotopic (exact) mass is 350 g/mol. The summed E-state index contributed by atoms with van der Waals surface area (Å²) in [7, 11) is -5.75. The van der Waals surface area contributed by atoms with Gasteiger partial charge in [0.2, 0.25) is 0 Å². The molecule has 23 heavy (non-hydrogen) atoms. The Morgan fingerprint density at radius 3 is 2.43 bits per heavy atom. The molecule has 2 aliphatic heterocycles. The van der Waals surface area contributed by atoms with E-state index in [4.69, 9.17) is 9.47 Å². The largest absolute Gasteiger partial charge is 0.534 e. The van der Waals surface area contributed by atoms with E-state index < -0.39 is 21.2 Å². The number of hydrogen-bond acceptors (Lipinski definition) is 5. The molecule has 1 spiro atoms. The SMILES string of the molecule is O=S(=O)(OC1=CC2(CCOCC2)Oc2ccccc21)C(F)(F)F. The Hall–Kier alpha value is -1.74. The number of rotatable bonds is 2. The lowest BCUT2D eigenvalue weighted by Crippen LogP contribution is -2.42. The van der Waals surface area contributed by atoms with E-state index in [1.807, 2.05) is 0 Å². The Morgan fingerprint density at radius 2 is 1.78 bits per heavy atom. The summed E-state index contributed by atoms with van der Waals surface area (Å²) in [5, 5.41) is 0. The van der Waals surface area contributed by atoms with Crippen molar-refractivity contribution in [3.05, 3.63) is 35.9 Å². The topological polar surface area (TPSA) is 61.8 Å². The molecular weight excluding hydrogens is 337 g/mol. The standard InChI is InChI=1S/C14H13F3O5S/c15-14(16,17)23(18,19)22-12-9-13(5-7-20-8-6-13)21-11-4-2-1-3-10(11)12/h1-4,9H,5-8H2. The number of alkyl halides is 3. The van der Waals surface area contributed by atoms with Crippen molar-refractivity contribution in [2.24, 2.45) is 0 Å². The van der Waals surface area contributed by atoms with Crippen molar-refractivity contribution in [3.63, 3.8) is 0 Å². The van der Waals surface area contributed by atoms with E-state index in [9.17, 15) is 21.6 Å². The second-order valence-electron chi connectivity index (χ2n) is 5.27. The average molecular weight is 350 g/mol. The predicted molar refractivity (Wildman–Crippen MR) is 73.9 cm³/mol. The van der Waals surface area contributed by atoms with Gasteiger partial charge in [0.1, 0.15) is 11.4 Å². The second kappa shape index (κ2) is 5.41. The van der Waals surface area contributed by atoms with Gasteiger partial charge in [-0.1, -0.05) is 12.1 Å². The minimum absolute atomic E-state index is 0.164. The van der Waals surface area contributed by atoms with E-state index in [1.54, 1.807) is 18.2 Å². The van der Waals surface area contributed by atoms with Gasteiger partial charge in [0, 0.05) is 18.9 Å². The van der Waals surface area contributed by atoms with E-state index in [1.165, 1.54) is 12.1 Å². The molecule has 0 amide bonds. The molecule has 0 aliphatic carbocycles. The first-order valence-electron chi connectivity index (χ1n) is 6.82. The van der Waals surface area contributed by atoms with Gasteiger partial charge >= 0.3 is 15.6 Å². The Bertz CT molecular complexity index is 733. The number of hydrogen-bond donors (Lipinski definition) is 0. The predicted octanol–water partition coefficient (Wildman–Crippen LogP) is 2.84. The van der Waals surface area contributed by atoms with Gasteiger partial charge < -0.3 is 13.7 Å². The molecule has 3 rings (SSSR count). The zero-order valence-corrected chi connectivity index (χ0v) is 12.6. The van der Waals surface area contributed by atoms with Gasteiger partial charge in [-0.2, -0.15) is 21.6 Å². The van der Waals surface area contributed by atoms with Gasteiger partial charge in [0.15, 0.2) is 5.76 Å². The Balaban J connectivity index is 2.04. The summed E-state index contributed by atoms with van der Waals surface area (Å²) in [6.45, 7) is 0.718. The maximum atomic E-state index is 12.6. The minimum atomic E-state index is -5.75. The average Bonchev–Trinajstić information content (AvgIpc) is 2.46. The highest BCUT2D eigenvalue weighted by molar-refractivity contribution is 7.87. The molecule has 1 fully saturated rings. The highest BCUT2D eigenvalue weighted by Gasteiger charge is 2.50. The van der Waals surface area contributed by atoms with Crippen molar-refractivity contribution in [3.8, 4) is 5.75 Å². The molecule has 0 saturated carbocycles. The fraction of sp³-hybridized carbons (Fsp3) is 0.429. The molecule has 1 aromatic rings. The van der Waals surface area contributed by atoms with Crippen molar-refractivity contribution >= 4 is 15.9 Å². The second-order valence-corrected chi connectivity index (χ2v) is 6.80. The Kier molecular flexibility index (Phi) is 3.80. The lowest BCUT2D eigenvalue weighted by molar-refractivity contribution is -0.0514. The van der Waals surface area contributed by atoms with Crippen LogP contribution >= 0.6 is 0 Å². The third kappa shape index (κ3) is 3.02. The van der Waals surface area contributed by atoms with Gasteiger partial charge in [-0.15, -0.1) is 0 Å². The third-order valence-electron chi connectivity index (χ3n) is 3.68. The van der Waals surface area contributed by atoms with Gasteiger partial charge in [0.25, 0.3) is 0 Å². The van der Waals surface area contributed by atoms with Crippen LogP contribution in [0.15, 0.2) is 30.3 Å². The first kappa shape index (κ1) is 16.1. The van der Waals surface area contributed by atoms with Crippen LogP contribution in [0.3, 0.4) is 0 Å². The van der Waals surface area contributed by atoms with Crippen LogP contribution < -0.4 is 4.74 Å². The summed E-state index contributed by atoms with van der Waals surface area (Å²) < 4.78 is 76.0. The van der Waals surface area contributed by atoms with E-state index >= 15 is 0 Å². The van der Waals surface area contributed by atoms with Crippen LogP contribution in [0, 0.1) is 0 Å². The molecule has 0 N–H and O–H groups in total. The maximum absolute atomic E-state index is 12.6. The summed E-state index contributed by atoms with van der Waals surface area (Å²) in [6, 6.07) is 6.21. The summed E-state index contributed by atoms with van der Waals surface area (Å²) >= 11 is 0. The maximum Gasteiger partial charge on any atom is 0.534 e. The molecule has 0 bridgehead atoms. The zero-order valence-electron chi connectivity index (χ0n) is 11.8. The van der Waals surface area contributed by atoms with Crippen molar-refractivity contribution in [2.75, 3.05) is 13.2 Å². The van der Waals surface area contributed by atoms with Crippen molar-refractivity contribution in [1.82, 2.24) is 0 Å². The Labute approximate surface area is 130 Å². The van der Waals surface area contributed by atoms with Crippen LogP contribution in [0.5, 0.6) is 5.75 Å². The summed E-state index contributed by atoms with van der Waals surface area (Å²) in [5.41, 5.74) is -6.26. The molecule has 0 aromatic heterocycles. The third-order valence-corrected chi connectivity index (χ3v) is 4.65. The highest BCUT2D eigenvalue weighted by atomic mass is 32.2. The number of ether oxygens (including phenoxy) is 2. The van der Waals surface area contributed by atoms with Gasteiger partial charge in [0.05, 0.1) is 18.8 Å². The van der Waals surface area contributed by atoms with Crippen LogP contribution in [0.1, 0.15) is 18.4 Å². The molecule has 9 heteroatoms. The fourth-order valence-electron chi connectivity index (χ4n) is 2.52. The fourth-order valence-corrected chi connectivity index (χ4v) is 2.99. The van der Waals surface area contributed by atoms with E-state index in [0.29, 0.717) is 26.1 Å². The van der Waals surface area contributed by atoms with Crippen molar-refractivity contribution in [2.45, 2.75) is 24.0 Å². The molecule has 0 radical (unpaired) electrons. The van der Waals surface area contributed by atoms with E-state index in [0.717, 1.165) is 0 Å². The molecule has 1 saturated heterocycles. The smallest absolute Gasteiger partial charge is 0.482 e. The van der Waals surface area contributed by atoms with Crippen LogP contribution in [0.25, 0.3) is 5.76 Å². The molecule has 0 atom stereocenters. The molecule has 1 aromatic carbocycles. The summed E-state index contributed by atoms with van der Waals surface area (Å²) in [6.07, 6.45) is 2.08. The van der Waals surface area contributed by atoms with Crippen molar-refractivity contribution < 1.29 is 35.2 Å². The number of halogens is 3. The van der Waals surface area contributed by atoms with Gasteiger partial charge in [-0.3, -0.25) is 0 Å². The number of benzene rings is 1. The summed E-state index contributed by atoms with van der Waals surface area (Å²) in [5.74, 6) is -0.0876. The van der Waals surface area contributed by atoms with E-state index in [-0.39, 0.29) is 17.1 Å². The van der Waals surface area contributed by atoms with Gasteiger partial charge in [-0.25, -0.2) is 0 Å². The first-order chi connectivity index (χ1) is 10.7. The molecule has 126 valence electrons. The molecule has 2 aliphatic rings. The van der Waals surface area contributed by atoms with Crippen LogP contribution in [-0.4, -0.2) is 32.7 Å². The van der Waals surface area contributed by atoms with Crippen LogP contribution in [0.2, 0.25) is 0 Å². The van der Waals surface area contributed by atoms with Crippen LogP contribution in [-0.2, 0) is 19.0 Å². The quantitative estimate of drug-likeness (QED) is 0.606. The lowest BCUT2D eigenvalue weighted by atomic mass is 9.90. The summed E-state index contributed by atoms with van der Waals surface area (Å²) in [4.78, 5) is 0. The number of fused-ring (bicyclic) bond motifs is 1. The first-order valence-corrected chi connectivity index (χ1v) is 8.23. The number of para-hydroxylation sites is 1. The highest BCUT2D eigenvalue weighted by Crippen LogP contribution is 2.42. The molecule has 5 nitrogen and oxygen atoms in total.